The molecule has 4 rings (SSSR count). The van der Waals surface area contributed by atoms with Crippen LogP contribution in [0.15, 0.2) is 46.9 Å². The first-order valence-corrected chi connectivity index (χ1v) is 8.62. The van der Waals surface area contributed by atoms with E-state index in [1.165, 1.54) is 0 Å². The summed E-state index contributed by atoms with van der Waals surface area (Å²) in [4.78, 5) is 13.3. The number of carbonyl (C=O) groups is 1. The second-order valence-corrected chi connectivity index (χ2v) is 6.85. The molecule has 25 heavy (non-hydrogen) atoms. The van der Waals surface area contributed by atoms with Gasteiger partial charge in [-0.25, -0.2) is 0 Å². The van der Waals surface area contributed by atoms with Crippen molar-refractivity contribution in [1.82, 2.24) is 14.3 Å². The van der Waals surface area contributed by atoms with Gasteiger partial charge in [-0.1, -0.05) is 15.9 Å². The van der Waals surface area contributed by atoms with Crippen molar-refractivity contribution < 1.29 is 9.53 Å². The molecule has 0 fully saturated rings. The summed E-state index contributed by atoms with van der Waals surface area (Å²) >= 11 is 3.52. The summed E-state index contributed by atoms with van der Waals surface area (Å²) in [5.41, 5.74) is 3.17. The van der Waals surface area contributed by atoms with E-state index in [1.54, 1.807) is 40.6 Å². The molecule has 0 N–H and O–H groups in total. The van der Waals surface area contributed by atoms with Crippen molar-refractivity contribution in [3.05, 3.63) is 58.2 Å². The van der Waals surface area contributed by atoms with Crippen LogP contribution in [0.25, 0.3) is 21.9 Å². The highest BCUT2D eigenvalue weighted by molar-refractivity contribution is 9.10. The number of halogens is 1. The third-order valence-corrected chi connectivity index (χ3v) is 4.91. The van der Waals surface area contributed by atoms with Crippen LogP contribution in [0.3, 0.4) is 0 Å². The molecule has 2 heterocycles. The maximum atomic E-state index is 13.3. The van der Waals surface area contributed by atoms with Crippen molar-refractivity contribution in [1.29, 1.82) is 0 Å². The van der Waals surface area contributed by atoms with E-state index in [0.717, 1.165) is 37.9 Å². The molecule has 0 saturated carbocycles. The van der Waals surface area contributed by atoms with Crippen molar-refractivity contribution in [3.8, 4) is 5.75 Å². The molecular weight excluding hydrogens is 382 g/mol. The lowest BCUT2D eigenvalue weighted by Gasteiger charge is -2.08. The maximum absolute atomic E-state index is 13.3. The molecule has 0 bridgehead atoms. The molecule has 6 heteroatoms. The number of methoxy groups -OCH3 is 1. The first-order valence-electron chi connectivity index (χ1n) is 7.83. The number of hydrogen-bond acceptors (Lipinski definition) is 3. The molecule has 0 aliphatic carbocycles. The van der Waals surface area contributed by atoms with Crippen LogP contribution in [-0.2, 0) is 7.05 Å². The van der Waals surface area contributed by atoms with Crippen molar-refractivity contribution >= 4 is 43.8 Å². The molecule has 2 aromatic heterocycles. The van der Waals surface area contributed by atoms with Gasteiger partial charge in [0.1, 0.15) is 11.4 Å². The van der Waals surface area contributed by atoms with Gasteiger partial charge in [0.15, 0.2) is 0 Å². The predicted molar refractivity (Wildman–Crippen MR) is 101 cm³/mol. The lowest BCUT2D eigenvalue weighted by Crippen LogP contribution is -2.13. The first-order chi connectivity index (χ1) is 12.0. The molecule has 4 aromatic rings. The third-order valence-electron chi connectivity index (χ3n) is 4.41. The number of fused-ring (bicyclic) bond motifs is 3. The monoisotopic (exact) mass is 397 g/mol. The zero-order chi connectivity index (χ0) is 17.7. The average Bonchev–Trinajstić information content (AvgIpc) is 3.09. The summed E-state index contributed by atoms with van der Waals surface area (Å²) in [6, 6.07) is 13.1. The van der Waals surface area contributed by atoms with E-state index in [2.05, 4.69) is 21.0 Å². The zero-order valence-corrected chi connectivity index (χ0v) is 15.7. The topological polar surface area (TPSA) is 49.1 Å². The predicted octanol–water partition coefficient (Wildman–Crippen LogP) is 4.30. The molecule has 0 atom stereocenters. The van der Waals surface area contributed by atoms with Gasteiger partial charge in [-0.05, 0) is 49.4 Å². The van der Waals surface area contributed by atoms with Gasteiger partial charge in [-0.15, -0.1) is 0 Å². The fourth-order valence-corrected chi connectivity index (χ4v) is 3.66. The quantitative estimate of drug-likeness (QED) is 0.506. The van der Waals surface area contributed by atoms with Crippen molar-refractivity contribution in [2.45, 2.75) is 6.92 Å². The number of benzene rings is 2. The second kappa shape index (κ2) is 5.74. The van der Waals surface area contributed by atoms with E-state index < -0.39 is 0 Å². The SMILES string of the molecule is COc1ccc(C(=O)n2c3ccc(Br)cc3c3c(C)nn(C)c32)cc1. The van der Waals surface area contributed by atoms with Crippen LogP contribution in [-0.4, -0.2) is 27.4 Å². The molecule has 0 aliphatic rings. The number of aromatic nitrogens is 3. The van der Waals surface area contributed by atoms with Gasteiger partial charge in [0.2, 0.25) is 0 Å². The van der Waals surface area contributed by atoms with Crippen molar-refractivity contribution in [2.24, 2.45) is 7.05 Å². The van der Waals surface area contributed by atoms with Crippen molar-refractivity contribution in [2.75, 3.05) is 7.11 Å². The molecule has 126 valence electrons. The van der Waals surface area contributed by atoms with E-state index in [9.17, 15) is 4.79 Å². The van der Waals surface area contributed by atoms with Crippen LogP contribution < -0.4 is 4.74 Å². The first kappa shape index (κ1) is 15.9. The Morgan fingerprint density at radius 1 is 1.16 bits per heavy atom. The van der Waals surface area contributed by atoms with Crippen LogP contribution in [0.1, 0.15) is 16.1 Å². The highest BCUT2D eigenvalue weighted by atomic mass is 79.9. The van der Waals surface area contributed by atoms with Gasteiger partial charge in [-0.2, -0.15) is 5.10 Å². The fourth-order valence-electron chi connectivity index (χ4n) is 3.30. The molecule has 0 spiro atoms. The number of rotatable bonds is 2. The van der Waals surface area contributed by atoms with Crippen LogP contribution in [0, 0.1) is 6.92 Å². The average molecular weight is 398 g/mol. The Bertz CT molecular complexity index is 1120. The largest absolute Gasteiger partial charge is 0.497 e. The summed E-state index contributed by atoms with van der Waals surface area (Å²) in [6.45, 7) is 1.96. The minimum Gasteiger partial charge on any atom is -0.497 e. The Labute approximate surface area is 152 Å². The molecule has 5 nitrogen and oxygen atoms in total. The Kier molecular flexibility index (Phi) is 3.65. The lowest BCUT2D eigenvalue weighted by molar-refractivity contribution is 0.0968. The van der Waals surface area contributed by atoms with Crippen LogP contribution in [0.2, 0.25) is 0 Å². The summed E-state index contributed by atoms with van der Waals surface area (Å²) in [7, 11) is 3.47. The highest BCUT2D eigenvalue weighted by Gasteiger charge is 2.22. The fraction of sp³-hybridized carbons (Fsp3) is 0.158. The molecular formula is C19H16BrN3O2. The van der Waals surface area contributed by atoms with E-state index in [-0.39, 0.29) is 5.91 Å². The smallest absolute Gasteiger partial charge is 0.264 e. The summed E-state index contributed by atoms with van der Waals surface area (Å²) < 4.78 is 9.65. The van der Waals surface area contributed by atoms with E-state index >= 15 is 0 Å². The molecule has 0 amide bonds. The highest BCUT2D eigenvalue weighted by Crippen LogP contribution is 2.33. The van der Waals surface area contributed by atoms with Gasteiger partial charge in [-0.3, -0.25) is 14.0 Å². The Hall–Kier alpha value is -2.60. The molecule has 0 unspecified atom stereocenters. The Balaban J connectivity index is 2.03. The van der Waals surface area contributed by atoms with Crippen molar-refractivity contribution in [3.63, 3.8) is 0 Å². The van der Waals surface area contributed by atoms with Crippen LogP contribution in [0.4, 0.5) is 0 Å². The summed E-state index contributed by atoms with van der Waals surface area (Å²) in [5, 5.41) is 6.51. The Morgan fingerprint density at radius 3 is 2.56 bits per heavy atom. The number of nitrogens with zero attached hydrogens (tertiary/aromatic N) is 3. The van der Waals surface area contributed by atoms with E-state index in [1.807, 2.05) is 32.2 Å². The number of hydrogen-bond donors (Lipinski definition) is 0. The second-order valence-electron chi connectivity index (χ2n) is 5.94. The minimum absolute atomic E-state index is 0.0898. The van der Waals surface area contributed by atoms with E-state index in [4.69, 9.17) is 4.74 Å². The standard InChI is InChI=1S/C19H16BrN3O2/c1-11-17-15-10-13(20)6-9-16(15)23(18(17)22(2)21-11)19(24)12-4-7-14(25-3)8-5-12/h4-10H,1-3H3. The zero-order valence-electron chi connectivity index (χ0n) is 14.1. The number of carbonyl (C=O) groups excluding carboxylic acids is 1. The minimum atomic E-state index is -0.0898. The molecule has 2 aromatic carbocycles. The van der Waals surface area contributed by atoms with Crippen LogP contribution >= 0.6 is 15.9 Å². The summed E-state index contributed by atoms with van der Waals surface area (Å²) in [6.07, 6.45) is 0. The van der Waals surface area contributed by atoms with Gasteiger partial charge in [0.25, 0.3) is 5.91 Å². The molecule has 0 aliphatic heterocycles. The van der Waals surface area contributed by atoms with Crippen LogP contribution in [0.5, 0.6) is 5.75 Å². The van der Waals surface area contributed by atoms with Gasteiger partial charge >= 0.3 is 0 Å². The number of ether oxygens (including phenoxy) is 1. The van der Waals surface area contributed by atoms with Gasteiger partial charge < -0.3 is 4.74 Å². The molecule has 0 radical (unpaired) electrons. The normalized spacial score (nSPS) is 11.4. The molecule has 0 saturated heterocycles. The number of aryl methyl sites for hydroxylation is 2. The Morgan fingerprint density at radius 2 is 1.88 bits per heavy atom. The lowest BCUT2D eigenvalue weighted by atomic mass is 10.2. The van der Waals surface area contributed by atoms with Gasteiger partial charge in [0.05, 0.1) is 18.3 Å². The van der Waals surface area contributed by atoms with Gasteiger partial charge in [0, 0.05) is 27.9 Å². The van der Waals surface area contributed by atoms with E-state index in [0.29, 0.717) is 5.56 Å². The third kappa shape index (κ3) is 2.36. The maximum Gasteiger partial charge on any atom is 0.264 e. The summed E-state index contributed by atoms with van der Waals surface area (Å²) in [5.74, 6) is 0.632.